The number of methoxy groups -OCH3 is 1. The second-order valence-electron chi connectivity index (χ2n) is 4.84. The summed E-state index contributed by atoms with van der Waals surface area (Å²) >= 11 is 0. The second kappa shape index (κ2) is 6.59. The van der Waals surface area contributed by atoms with Crippen molar-refractivity contribution in [3.05, 3.63) is 29.8 Å². The van der Waals surface area contributed by atoms with Gasteiger partial charge in [-0.15, -0.1) is 0 Å². The van der Waals surface area contributed by atoms with E-state index in [0.717, 1.165) is 36.6 Å². The second-order valence-corrected chi connectivity index (χ2v) is 4.84. The number of hydrogen-bond acceptors (Lipinski definition) is 4. The number of nitrogens with two attached hydrogens (primary N) is 1. The highest BCUT2D eigenvalue weighted by atomic mass is 16.5. The third-order valence-electron chi connectivity index (χ3n) is 3.28. The van der Waals surface area contributed by atoms with Crippen molar-refractivity contribution in [2.45, 2.75) is 12.5 Å². The van der Waals surface area contributed by atoms with Gasteiger partial charge < -0.3 is 20.1 Å². The standard InChI is InChI=1S/C15H22N2O2/c1-17-9-7-13(11-17)19-14-6-5-12(4-3-8-16)10-15(14)18-2/h3-6,10,13H,7-9,11,16H2,1-2H3/b4-3+. The predicted octanol–water partition coefficient (Wildman–Crippen LogP) is 1.75. The lowest BCUT2D eigenvalue weighted by atomic mass is 10.2. The minimum atomic E-state index is 0.254. The number of benzene rings is 1. The Morgan fingerprint density at radius 1 is 1.42 bits per heavy atom. The SMILES string of the molecule is COc1cc(/C=C/CN)ccc1OC1CCN(C)C1. The van der Waals surface area contributed by atoms with Gasteiger partial charge in [0.2, 0.25) is 0 Å². The van der Waals surface area contributed by atoms with Gasteiger partial charge in [-0.05, 0) is 31.2 Å². The lowest BCUT2D eigenvalue weighted by Gasteiger charge is -2.16. The molecule has 104 valence electrons. The van der Waals surface area contributed by atoms with Gasteiger partial charge in [-0.3, -0.25) is 0 Å². The van der Waals surface area contributed by atoms with Crippen LogP contribution in [0.3, 0.4) is 0 Å². The molecular weight excluding hydrogens is 240 g/mol. The van der Waals surface area contributed by atoms with Crippen LogP contribution in [-0.4, -0.2) is 44.8 Å². The Labute approximate surface area is 114 Å². The van der Waals surface area contributed by atoms with Crippen LogP contribution in [0.25, 0.3) is 6.08 Å². The van der Waals surface area contributed by atoms with Crippen molar-refractivity contribution >= 4 is 6.08 Å². The summed E-state index contributed by atoms with van der Waals surface area (Å²) in [5, 5.41) is 0. The molecule has 1 atom stereocenters. The summed E-state index contributed by atoms with van der Waals surface area (Å²) in [5.74, 6) is 1.58. The van der Waals surface area contributed by atoms with Crippen molar-refractivity contribution < 1.29 is 9.47 Å². The molecule has 1 unspecified atom stereocenters. The van der Waals surface area contributed by atoms with E-state index in [1.807, 2.05) is 30.4 Å². The van der Waals surface area contributed by atoms with E-state index in [-0.39, 0.29) is 6.10 Å². The van der Waals surface area contributed by atoms with Gasteiger partial charge in [0.15, 0.2) is 11.5 Å². The van der Waals surface area contributed by atoms with Crippen LogP contribution >= 0.6 is 0 Å². The molecule has 2 rings (SSSR count). The highest BCUT2D eigenvalue weighted by Gasteiger charge is 2.22. The Balaban J connectivity index is 2.09. The summed E-state index contributed by atoms with van der Waals surface area (Å²) in [4.78, 5) is 2.27. The number of likely N-dealkylation sites (tertiary alicyclic amines) is 1. The van der Waals surface area contributed by atoms with E-state index in [1.54, 1.807) is 7.11 Å². The number of likely N-dealkylation sites (N-methyl/N-ethyl adjacent to an activating group) is 1. The van der Waals surface area contributed by atoms with Crippen LogP contribution in [0.2, 0.25) is 0 Å². The van der Waals surface area contributed by atoms with Gasteiger partial charge in [-0.2, -0.15) is 0 Å². The highest BCUT2D eigenvalue weighted by Crippen LogP contribution is 2.30. The van der Waals surface area contributed by atoms with Gasteiger partial charge in [-0.1, -0.05) is 18.2 Å². The van der Waals surface area contributed by atoms with Crippen molar-refractivity contribution in [3.8, 4) is 11.5 Å². The maximum absolute atomic E-state index is 6.01. The fourth-order valence-electron chi connectivity index (χ4n) is 2.26. The number of rotatable bonds is 5. The van der Waals surface area contributed by atoms with Crippen molar-refractivity contribution in [1.82, 2.24) is 4.90 Å². The predicted molar refractivity (Wildman–Crippen MR) is 77.6 cm³/mol. The van der Waals surface area contributed by atoms with E-state index >= 15 is 0 Å². The Morgan fingerprint density at radius 2 is 2.26 bits per heavy atom. The van der Waals surface area contributed by atoms with Crippen LogP contribution in [0.15, 0.2) is 24.3 Å². The zero-order chi connectivity index (χ0) is 13.7. The van der Waals surface area contributed by atoms with Crippen LogP contribution in [0, 0.1) is 0 Å². The van der Waals surface area contributed by atoms with Gasteiger partial charge in [0.1, 0.15) is 6.10 Å². The Morgan fingerprint density at radius 3 is 2.89 bits per heavy atom. The summed E-state index contributed by atoms with van der Waals surface area (Å²) < 4.78 is 11.4. The van der Waals surface area contributed by atoms with E-state index in [1.165, 1.54) is 0 Å². The summed E-state index contributed by atoms with van der Waals surface area (Å²) in [6, 6.07) is 5.95. The molecule has 1 aliphatic rings. The number of hydrogen-bond donors (Lipinski definition) is 1. The highest BCUT2D eigenvalue weighted by molar-refractivity contribution is 5.56. The van der Waals surface area contributed by atoms with E-state index in [9.17, 15) is 0 Å². The van der Waals surface area contributed by atoms with E-state index in [4.69, 9.17) is 15.2 Å². The Bertz CT molecular complexity index is 446. The first-order valence-electron chi connectivity index (χ1n) is 6.62. The number of ether oxygens (including phenoxy) is 2. The van der Waals surface area contributed by atoms with Crippen LogP contribution in [0.4, 0.5) is 0 Å². The third-order valence-corrected chi connectivity index (χ3v) is 3.28. The van der Waals surface area contributed by atoms with Crippen LogP contribution in [0.1, 0.15) is 12.0 Å². The maximum atomic E-state index is 6.01. The van der Waals surface area contributed by atoms with E-state index < -0.39 is 0 Å². The zero-order valence-corrected chi connectivity index (χ0v) is 11.6. The Hall–Kier alpha value is -1.52. The minimum Gasteiger partial charge on any atom is -0.493 e. The molecule has 0 aromatic heterocycles. The van der Waals surface area contributed by atoms with Gasteiger partial charge in [0.25, 0.3) is 0 Å². The molecule has 1 aromatic rings. The average molecular weight is 262 g/mol. The lowest BCUT2D eigenvalue weighted by molar-refractivity contribution is 0.199. The van der Waals surface area contributed by atoms with Gasteiger partial charge in [-0.25, -0.2) is 0 Å². The molecular formula is C15H22N2O2. The minimum absolute atomic E-state index is 0.254. The summed E-state index contributed by atoms with van der Waals surface area (Å²) in [6.07, 6.45) is 5.22. The largest absolute Gasteiger partial charge is 0.493 e. The van der Waals surface area contributed by atoms with Gasteiger partial charge >= 0.3 is 0 Å². The molecule has 19 heavy (non-hydrogen) atoms. The molecule has 1 saturated heterocycles. The fraction of sp³-hybridized carbons (Fsp3) is 0.467. The molecule has 0 aliphatic carbocycles. The molecule has 1 heterocycles. The molecule has 4 heteroatoms. The monoisotopic (exact) mass is 262 g/mol. The molecule has 1 fully saturated rings. The Kier molecular flexibility index (Phi) is 4.82. The fourth-order valence-corrected chi connectivity index (χ4v) is 2.26. The zero-order valence-electron chi connectivity index (χ0n) is 11.6. The first kappa shape index (κ1) is 13.9. The topological polar surface area (TPSA) is 47.7 Å². The van der Waals surface area contributed by atoms with Crippen molar-refractivity contribution in [2.24, 2.45) is 5.73 Å². The molecule has 0 amide bonds. The first-order chi connectivity index (χ1) is 9.22. The molecule has 1 aliphatic heterocycles. The molecule has 2 N–H and O–H groups in total. The van der Waals surface area contributed by atoms with Crippen molar-refractivity contribution in [3.63, 3.8) is 0 Å². The molecule has 0 radical (unpaired) electrons. The van der Waals surface area contributed by atoms with Gasteiger partial charge in [0.05, 0.1) is 7.11 Å². The molecule has 0 bridgehead atoms. The molecule has 4 nitrogen and oxygen atoms in total. The van der Waals surface area contributed by atoms with E-state index in [2.05, 4.69) is 11.9 Å². The maximum Gasteiger partial charge on any atom is 0.161 e. The number of nitrogens with zero attached hydrogens (tertiary/aromatic N) is 1. The molecule has 0 saturated carbocycles. The smallest absolute Gasteiger partial charge is 0.161 e. The first-order valence-corrected chi connectivity index (χ1v) is 6.62. The van der Waals surface area contributed by atoms with Crippen molar-refractivity contribution in [2.75, 3.05) is 33.8 Å². The van der Waals surface area contributed by atoms with Crippen LogP contribution in [-0.2, 0) is 0 Å². The van der Waals surface area contributed by atoms with Crippen LogP contribution in [0.5, 0.6) is 11.5 Å². The van der Waals surface area contributed by atoms with Crippen molar-refractivity contribution in [1.29, 1.82) is 0 Å². The summed E-state index contributed by atoms with van der Waals surface area (Å²) in [7, 11) is 3.78. The average Bonchev–Trinajstić information content (AvgIpc) is 2.83. The summed E-state index contributed by atoms with van der Waals surface area (Å²) in [5.41, 5.74) is 6.52. The van der Waals surface area contributed by atoms with Gasteiger partial charge in [0, 0.05) is 19.6 Å². The third kappa shape index (κ3) is 3.72. The molecule has 0 spiro atoms. The van der Waals surface area contributed by atoms with Crippen LogP contribution < -0.4 is 15.2 Å². The quantitative estimate of drug-likeness (QED) is 0.878. The summed E-state index contributed by atoms with van der Waals surface area (Å²) in [6.45, 7) is 2.59. The molecule has 1 aromatic carbocycles. The van der Waals surface area contributed by atoms with E-state index in [0.29, 0.717) is 6.54 Å². The normalized spacial score (nSPS) is 20.1. The lowest BCUT2D eigenvalue weighted by Crippen LogP contribution is -2.21.